The number of nitrogens with one attached hydrogen (secondary N) is 2. The lowest BCUT2D eigenvalue weighted by atomic mass is 10.1. The van der Waals surface area contributed by atoms with Crippen molar-refractivity contribution in [2.45, 2.75) is 19.9 Å². The minimum absolute atomic E-state index is 0.00759. The molecule has 0 aliphatic carbocycles. The van der Waals surface area contributed by atoms with Crippen molar-refractivity contribution in [1.29, 1.82) is 0 Å². The fourth-order valence-corrected chi connectivity index (χ4v) is 2.38. The fourth-order valence-electron chi connectivity index (χ4n) is 1.84. The number of rotatable bonds is 5. The summed E-state index contributed by atoms with van der Waals surface area (Å²) >= 11 is 11.7. The van der Waals surface area contributed by atoms with E-state index in [2.05, 4.69) is 15.8 Å². The van der Waals surface area contributed by atoms with Gasteiger partial charge in [0.05, 0.1) is 11.6 Å². The van der Waals surface area contributed by atoms with E-state index in [1.165, 1.54) is 12.1 Å². The van der Waals surface area contributed by atoms with Gasteiger partial charge < -0.3 is 15.2 Å². The van der Waals surface area contributed by atoms with E-state index in [9.17, 15) is 9.18 Å². The maximum atomic E-state index is 13.5. The normalized spacial score (nSPS) is 12.2. The predicted molar refractivity (Wildman–Crippen MR) is 82.7 cm³/mol. The highest BCUT2D eigenvalue weighted by atomic mass is 35.5. The Morgan fingerprint density at radius 2 is 2.09 bits per heavy atom. The molecule has 0 saturated carbocycles. The standard InChI is InChI=1S/C14H14Cl2FN3O2/c1-7-3-13(20-22-7)19-14(21)6-18-8(2)9-4-12(17)11(16)5-10(9)15/h3-5,8,18H,6H2,1-2H3,(H,19,20,21)/t8-/m0/s1. The Hall–Kier alpha value is -1.63. The SMILES string of the molecule is Cc1cc(NC(=O)CN[C@@H](C)c2cc(F)c(Cl)cc2Cl)no1. The summed E-state index contributed by atoms with van der Waals surface area (Å²) in [6, 6.07) is 3.86. The van der Waals surface area contributed by atoms with Gasteiger partial charge in [-0.05, 0) is 31.5 Å². The summed E-state index contributed by atoms with van der Waals surface area (Å²) < 4.78 is 18.3. The molecular weight excluding hydrogens is 332 g/mol. The van der Waals surface area contributed by atoms with Crippen LogP contribution in [0.25, 0.3) is 0 Å². The molecule has 0 unspecified atom stereocenters. The van der Waals surface area contributed by atoms with E-state index in [4.69, 9.17) is 27.7 Å². The minimum atomic E-state index is -0.558. The summed E-state index contributed by atoms with van der Waals surface area (Å²) in [4.78, 5) is 11.8. The Balaban J connectivity index is 1.93. The molecule has 0 aliphatic heterocycles. The van der Waals surface area contributed by atoms with Gasteiger partial charge in [0, 0.05) is 17.1 Å². The van der Waals surface area contributed by atoms with Gasteiger partial charge in [-0.25, -0.2) is 4.39 Å². The lowest BCUT2D eigenvalue weighted by Gasteiger charge is -2.15. The molecule has 0 saturated heterocycles. The molecule has 0 spiro atoms. The van der Waals surface area contributed by atoms with Crippen molar-refractivity contribution in [3.8, 4) is 0 Å². The molecule has 1 heterocycles. The van der Waals surface area contributed by atoms with Crippen molar-refractivity contribution in [2.24, 2.45) is 0 Å². The number of hydrogen-bond donors (Lipinski definition) is 2. The molecular formula is C14H14Cl2FN3O2. The Labute approximate surface area is 136 Å². The molecule has 0 bridgehead atoms. The number of amides is 1. The smallest absolute Gasteiger partial charge is 0.239 e. The maximum absolute atomic E-state index is 13.5. The highest BCUT2D eigenvalue weighted by Gasteiger charge is 2.14. The minimum Gasteiger partial charge on any atom is -0.360 e. The summed E-state index contributed by atoms with van der Waals surface area (Å²) in [6.07, 6.45) is 0. The van der Waals surface area contributed by atoms with E-state index in [1.54, 1.807) is 19.9 Å². The number of hydrogen-bond acceptors (Lipinski definition) is 4. The molecule has 0 aliphatic rings. The summed E-state index contributed by atoms with van der Waals surface area (Å²) in [5.74, 6) is 0.0792. The van der Waals surface area contributed by atoms with Gasteiger partial charge in [-0.1, -0.05) is 28.4 Å². The van der Waals surface area contributed by atoms with Crippen molar-refractivity contribution in [2.75, 3.05) is 11.9 Å². The van der Waals surface area contributed by atoms with Crippen molar-refractivity contribution in [1.82, 2.24) is 10.5 Å². The molecule has 1 aromatic heterocycles. The molecule has 0 radical (unpaired) electrons. The lowest BCUT2D eigenvalue weighted by molar-refractivity contribution is -0.115. The zero-order valence-corrected chi connectivity index (χ0v) is 13.4. The van der Waals surface area contributed by atoms with Crippen LogP contribution >= 0.6 is 23.2 Å². The first kappa shape index (κ1) is 16.7. The number of carbonyl (C=O) groups is 1. The molecule has 1 atom stereocenters. The van der Waals surface area contributed by atoms with Gasteiger partial charge in [-0.2, -0.15) is 0 Å². The molecule has 8 heteroatoms. The molecule has 2 aromatic rings. The Morgan fingerprint density at radius 3 is 2.73 bits per heavy atom. The highest BCUT2D eigenvalue weighted by molar-refractivity contribution is 6.35. The topological polar surface area (TPSA) is 67.2 Å². The first-order chi connectivity index (χ1) is 10.4. The van der Waals surface area contributed by atoms with E-state index in [0.717, 1.165) is 0 Å². The van der Waals surface area contributed by atoms with Crippen LogP contribution in [0.1, 0.15) is 24.3 Å². The van der Waals surface area contributed by atoms with E-state index in [1.807, 2.05) is 0 Å². The van der Waals surface area contributed by atoms with Gasteiger partial charge >= 0.3 is 0 Å². The second-order valence-corrected chi connectivity index (χ2v) is 5.58. The van der Waals surface area contributed by atoms with Crippen LogP contribution in [0.5, 0.6) is 0 Å². The molecule has 5 nitrogen and oxygen atoms in total. The van der Waals surface area contributed by atoms with Crippen molar-refractivity contribution in [3.05, 3.63) is 45.4 Å². The number of benzene rings is 1. The van der Waals surface area contributed by atoms with Gasteiger partial charge in [0.25, 0.3) is 0 Å². The quantitative estimate of drug-likeness (QED) is 0.810. The number of halogens is 3. The summed E-state index contributed by atoms with van der Waals surface area (Å²) in [6.45, 7) is 3.50. The van der Waals surface area contributed by atoms with Crippen LogP contribution in [-0.2, 0) is 4.79 Å². The van der Waals surface area contributed by atoms with Crippen LogP contribution in [0.15, 0.2) is 22.7 Å². The number of anilines is 1. The fraction of sp³-hybridized carbons (Fsp3) is 0.286. The summed E-state index contributed by atoms with van der Waals surface area (Å²) in [5, 5.41) is 9.47. The number of nitrogens with zero attached hydrogens (tertiary/aromatic N) is 1. The van der Waals surface area contributed by atoms with Crippen LogP contribution < -0.4 is 10.6 Å². The molecule has 0 fully saturated rings. The number of aromatic nitrogens is 1. The third kappa shape index (κ3) is 4.19. The molecule has 2 rings (SSSR count). The van der Waals surface area contributed by atoms with E-state index in [-0.39, 0.29) is 23.5 Å². The lowest BCUT2D eigenvalue weighted by Crippen LogP contribution is -2.30. The second kappa shape index (κ2) is 7.09. The first-order valence-corrected chi connectivity index (χ1v) is 7.23. The van der Waals surface area contributed by atoms with E-state index in [0.29, 0.717) is 22.2 Å². The monoisotopic (exact) mass is 345 g/mol. The zero-order valence-electron chi connectivity index (χ0n) is 11.9. The van der Waals surface area contributed by atoms with E-state index < -0.39 is 5.82 Å². The Bertz CT molecular complexity index is 691. The maximum Gasteiger partial charge on any atom is 0.239 e. The van der Waals surface area contributed by atoms with Crippen LogP contribution in [-0.4, -0.2) is 17.6 Å². The molecule has 118 valence electrons. The van der Waals surface area contributed by atoms with Crippen LogP contribution in [0.4, 0.5) is 10.2 Å². The van der Waals surface area contributed by atoms with E-state index >= 15 is 0 Å². The van der Waals surface area contributed by atoms with Gasteiger partial charge in [0.1, 0.15) is 11.6 Å². The predicted octanol–water partition coefficient (Wildman–Crippen LogP) is 3.72. The highest BCUT2D eigenvalue weighted by Crippen LogP contribution is 2.28. The number of carbonyl (C=O) groups excluding carboxylic acids is 1. The van der Waals surface area contributed by atoms with Crippen molar-refractivity contribution < 1.29 is 13.7 Å². The van der Waals surface area contributed by atoms with Crippen LogP contribution in [0.2, 0.25) is 10.0 Å². The van der Waals surface area contributed by atoms with Crippen LogP contribution in [0, 0.1) is 12.7 Å². The molecule has 1 aromatic carbocycles. The van der Waals surface area contributed by atoms with Crippen molar-refractivity contribution in [3.63, 3.8) is 0 Å². The third-order valence-corrected chi connectivity index (χ3v) is 3.59. The molecule has 2 N–H and O–H groups in total. The van der Waals surface area contributed by atoms with Gasteiger partial charge in [-0.3, -0.25) is 4.79 Å². The first-order valence-electron chi connectivity index (χ1n) is 6.48. The zero-order chi connectivity index (χ0) is 16.3. The third-order valence-electron chi connectivity index (χ3n) is 2.97. The Kier molecular flexibility index (Phi) is 5.39. The van der Waals surface area contributed by atoms with Crippen LogP contribution in [0.3, 0.4) is 0 Å². The van der Waals surface area contributed by atoms with Gasteiger partial charge in [0.2, 0.25) is 5.91 Å². The average molecular weight is 346 g/mol. The Morgan fingerprint density at radius 1 is 1.36 bits per heavy atom. The van der Waals surface area contributed by atoms with Gasteiger partial charge in [0.15, 0.2) is 5.82 Å². The second-order valence-electron chi connectivity index (χ2n) is 4.76. The summed E-state index contributed by atoms with van der Waals surface area (Å²) in [7, 11) is 0. The van der Waals surface area contributed by atoms with Gasteiger partial charge in [-0.15, -0.1) is 0 Å². The van der Waals surface area contributed by atoms with Crippen molar-refractivity contribution >= 4 is 34.9 Å². The largest absolute Gasteiger partial charge is 0.360 e. The average Bonchev–Trinajstić information content (AvgIpc) is 2.85. The number of aryl methyl sites for hydroxylation is 1. The molecule has 1 amide bonds. The summed E-state index contributed by atoms with van der Waals surface area (Å²) in [5.41, 5.74) is 0.522. The molecule has 22 heavy (non-hydrogen) atoms.